The number of hydrogen-bond acceptors (Lipinski definition) is 8. The van der Waals surface area contributed by atoms with Crippen molar-refractivity contribution in [3.05, 3.63) is 53.7 Å². The quantitative estimate of drug-likeness (QED) is 0.392. The van der Waals surface area contributed by atoms with Gasteiger partial charge in [0, 0.05) is 37.9 Å². The average Bonchev–Trinajstić information content (AvgIpc) is 3.45. The van der Waals surface area contributed by atoms with Crippen LogP contribution in [0.2, 0.25) is 0 Å². The van der Waals surface area contributed by atoms with Crippen LogP contribution in [0, 0.1) is 13.8 Å². The van der Waals surface area contributed by atoms with Gasteiger partial charge in [-0.15, -0.1) is 0 Å². The molecule has 1 fully saturated rings. The van der Waals surface area contributed by atoms with Gasteiger partial charge in [0.25, 0.3) is 0 Å². The lowest BCUT2D eigenvalue weighted by Gasteiger charge is -2.37. The zero-order chi connectivity index (χ0) is 25.9. The molecule has 194 valence electrons. The molecular weight excluding hydrogens is 492 g/mol. The summed E-state index contributed by atoms with van der Waals surface area (Å²) in [5, 5.41) is 4.15. The van der Waals surface area contributed by atoms with Gasteiger partial charge >= 0.3 is 0 Å². The number of sulfonamides is 1. The minimum absolute atomic E-state index is 0.0198. The molecule has 10 nitrogen and oxygen atoms in total. The monoisotopic (exact) mass is 522 g/mol. The highest BCUT2D eigenvalue weighted by atomic mass is 32.2. The molecule has 6 rings (SSSR count). The van der Waals surface area contributed by atoms with Gasteiger partial charge in [0.15, 0.2) is 5.75 Å². The van der Waals surface area contributed by atoms with E-state index in [0.717, 1.165) is 63.8 Å². The molecule has 3 aromatic heterocycles. The number of imidazole rings is 1. The summed E-state index contributed by atoms with van der Waals surface area (Å²) in [4.78, 5) is 12.0. The lowest BCUT2D eigenvalue weighted by Crippen LogP contribution is -2.46. The maximum absolute atomic E-state index is 12.1. The molecule has 0 spiro atoms. The Morgan fingerprint density at radius 2 is 1.89 bits per heavy atom. The van der Waals surface area contributed by atoms with Crippen molar-refractivity contribution >= 4 is 27.0 Å². The zero-order valence-electron chi connectivity index (χ0n) is 21.4. The van der Waals surface area contributed by atoms with Gasteiger partial charge in [-0.3, -0.25) is 9.55 Å². The molecule has 2 aliphatic heterocycles. The standard InChI is InChI=1S/C26H30N6O4S/c1-16-23(17(2)36-29-16)19-8-9-21-24-25(19)35-15-22(20-7-5-6-12-27-20)32(24)26(28-21)31-13-10-18(11-14-31)30(3)37(4,33)34/h5-9,12,18,22H,10-11,13-15H2,1-4H3. The van der Waals surface area contributed by atoms with E-state index < -0.39 is 10.0 Å². The molecule has 1 aromatic carbocycles. The summed E-state index contributed by atoms with van der Waals surface area (Å²) >= 11 is 0. The van der Waals surface area contributed by atoms with E-state index in [4.69, 9.17) is 14.2 Å². The highest BCUT2D eigenvalue weighted by molar-refractivity contribution is 7.88. The lowest BCUT2D eigenvalue weighted by atomic mass is 10.0. The molecule has 1 unspecified atom stereocenters. The second kappa shape index (κ2) is 8.84. The SMILES string of the molecule is Cc1noc(C)c1-c1ccc2nc(N3CCC(N(C)S(C)(=O)=O)CC3)n3c2c1OCC3c1ccccn1. The summed E-state index contributed by atoms with van der Waals surface area (Å²) in [6.45, 7) is 5.66. The van der Waals surface area contributed by atoms with E-state index in [0.29, 0.717) is 19.7 Å². The topological polar surface area (TPSA) is 107 Å². The number of aryl methyl sites for hydroxylation is 2. The number of benzene rings is 1. The maximum Gasteiger partial charge on any atom is 0.211 e. The van der Waals surface area contributed by atoms with Crippen LogP contribution >= 0.6 is 0 Å². The number of piperidine rings is 1. The van der Waals surface area contributed by atoms with E-state index in [9.17, 15) is 8.42 Å². The fourth-order valence-corrected chi connectivity index (χ4v) is 6.35. The minimum atomic E-state index is -3.24. The molecule has 5 heterocycles. The second-order valence-corrected chi connectivity index (χ2v) is 11.9. The Balaban J connectivity index is 1.47. The van der Waals surface area contributed by atoms with Gasteiger partial charge < -0.3 is 14.2 Å². The number of anilines is 1. The number of nitrogens with zero attached hydrogens (tertiary/aromatic N) is 6. The summed E-state index contributed by atoms with van der Waals surface area (Å²) in [5.74, 6) is 2.36. The molecule has 1 atom stereocenters. The third kappa shape index (κ3) is 3.97. The largest absolute Gasteiger partial charge is 0.488 e. The van der Waals surface area contributed by atoms with Crippen LogP contribution in [0.25, 0.3) is 22.2 Å². The first-order chi connectivity index (χ1) is 17.7. The Labute approximate surface area is 215 Å². The Morgan fingerprint density at radius 1 is 1.11 bits per heavy atom. The van der Waals surface area contributed by atoms with E-state index in [2.05, 4.69) is 19.6 Å². The third-order valence-electron chi connectivity index (χ3n) is 7.60. The van der Waals surface area contributed by atoms with Crippen molar-refractivity contribution in [2.45, 2.75) is 38.8 Å². The van der Waals surface area contributed by atoms with E-state index in [1.165, 1.54) is 10.6 Å². The summed E-state index contributed by atoms with van der Waals surface area (Å²) in [6.07, 6.45) is 4.52. The highest BCUT2D eigenvalue weighted by Gasteiger charge is 2.35. The Bertz CT molecular complexity index is 1550. The maximum atomic E-state index is 12.1. The molecule has 0 saturated carbocycles. The van der Waals surface area contributed by atoms with Gasteiger partial charge in [0.05, 0.1) is 28.7 Å². The molecule has 0 amide bonds. The van der Waals surface area contributed by atoms with Gasteiger partial charge in [-0.2, -0.15) is 0 Å². The van der Waals surface area contributed by atoms with E-state index in [-0.39, 0.29) is 12.1 Å². The molecular formula is C26H30N6O4S. The second-order valence-electron chi connectivity index (χ2n) is 9.87. The molecule has 4 aromatic rings. The molecule has 11 heteroatoms. The first-order valence-electron chi connectivity index (χ1n) is 12.4. The smallest absolute Gasteiger partial charge is 0.211 e. The molecule has 0 N–H and O–H groups in total. The Morgan fingerprint density at radius 3 is 2.54 bits per heavy atom. The van der Waals surface area contributed by atoms with Crippen molar-refractivity contribution in [3.8, 4) is 16.9 Å². The molecule has 0 bridgehead atoms. The Hall–Kier alpha value is -3.44. The van der Waals surface area contributed by atoms with Crippen LogP contribution in [-0.2, 0) is 10.0 Å². The van der Waals surface area contributed by atoms with E-state index in [1.807, 2.05) is 44.2 Å². The molecule has 1 saturated heterocycles. The van der Waals surface area contributed by atoms with Gasteiger partial charge in [-0.25, -0.2) is 17.7 Å². The summed E-state index contributed by atoms with van der Waals surface area (Å²) in [7, 11) is -1.57. The number of aromatic nitrogens is 4. The number of pyridine rings is 1. The summed E-state index contributed by atoms with van der Waals surface area (Å²) < 4.78 is 39.8. The van der Waals surface area contributed by atoms with Crippen LogP contribution in [0.1, 0.15) is 36.0 Å². The highest BCUT2D eigenvalue weighted by Crippen LogP contribution is 2.46. The van der Waals surface area contributed by atoms with Crippen LogP contribution in [0.4, 0.5) is 5.95 Å². The van der Waals surface area contributed by atoms with E-state index in [1.54, 1.807) is 13.2 Å². The number of ether oxygens (including phenoxy) is 1. The van der Waals surface area contributed by atoms with Crippen molar-refractivity contribution in [1.82, 2.24) is 24.0 Å². The van der Waals surface area contributed by atoms with Gasteiger partial charge in [-0.05, 0) is 51.0 Å². The fraction of sp³-hybridized carbons (Fsp3) is 0.423. The third-order valence-corrected chi connectivity index (χ3v) is 8.95. The van der Waals surface area contributed by atoms with Gasteiger partial charge in [0.1, 0.15) is 23.9 Å². The lowest BCUT2D eigenvalue weighted by molar-refractivity contribution is 0.256. The average molecular weight is 523 g/mol. The predicted molar refractivity (Wildman–Crippen MR) is 140 cm³/mol. The normalized spacial score (nSPS) is 18.5. The number of rotatable bonds is 5. The van der Waals surface area contributed by atoms with Gasteiger partial charge in [-0.1, -0.05) is 11.2 Å². The first-order valence-corrected chi connectivity index (χ1v) is 14.3. The summed E-state index contributed by atoms with van der Waals surface area (Å²) in [6, 6.07) is 9.79. The van der Waals surface area contributed by atoms with Crippen molar-refractivity contribution in [3.63, 3.8) is 0 Å². The van der Waals surface area contributed by atoms with Crippen molar-refractivity contribution < 1.29 is 17.7 Å². The molecule has 37 heavy (non-hydrogen) atoms. The van der Waals surface area contributed by atoms with Crippen molar-refractivity contribution in [2.24, 2.45) is 0 Å². The van der Waals surface area contributed by atoms with Crippen molar-refractivity contribution in [2.75, 3.05) is 37.9 Å². The molecule has 2 aliphatic rings. The minimum Gasteiger partial charge on any atom is -0.488 e. The van der Waals surface area contributed by atoms with Crippen molar-refractivity contribution in [1.29, 1.82) is 0 Å². The van der Waals surface area contributed by atoms with Gasteiger partial charge in [0.2, 0.25) is 16.0 Å². The van der Waals surface area contributed by atoms with Crippen LogP contribution in [0.3, 0.4) is 0 Å². The van der Waals surface area contributed by atoms with Crippen LogP contribution in [0.5, 0.6) is 5.75 Å². The zero-order valence-corrected chi connectivity index (χ0v) is 22.2. The van der Waals surface area contributed by atoms with E-state index >= 15 is 0 Å². The molecule has 0 radical (unpaired) electrons. The Kier molecular flexibility index (Phi) is 5.72. The molecule has 0 aliphatic carbocycles. The van der Waals surface area contributed by atoms with Crippen LogP contribution in [-0.4, -0.2) is 71.5 Å². The predicted octanol–water partition coefficient (Wildman–Crippen LogP) is 3.55. The first kappa shape index (κ1) is 23.9. The van der Waals surface area contributed by atoms with Crippen LogP contribution < -0.4 is 9.64 Å². The fourth-order valence-electron chi connectivity index (χ4n) is 5.60. The summed E-state index contributed by atoms with van der Waals surface area (Å²) in [5.41, 5.74) is 5.35. The number of hydrogen-bond donors (Lipinski definition) is 0. The van der Waals surface area contributed by atoms with Crippen LogP contribution in [0.15, 0.2) is 41.1 Å².